The Morgan fingerprint density at radius 3 is 2.29 bits per heavy atom. The lowest BCUT2D eigenvalue weighted by Gasteiger charge is -2.19. The highest BCUT2D eigenvalue weighted by atomic mass is 35.5. The first-order valence-corrected chi connectivity index (χ1v) is 12.7. The van der Waals surface area contributed by atoms with Crippen molar-refractivity contribution in [2.45, 2.75) is 32.5 Å². The Morgan fingerprint density at radius 1 is 1.05 bits per heavy atom. The largest absolute Gasteiger partial charge is 0.480 e. The van der Waals surface area contributed by atoms with Gasteiger partial charge < -0.3 is 19.5 Å². The Hall–Kier alpha value is -4.33. The number of carbonyl (C=O) groups excluding carboxylic acids is 2. The highest BCUT2D eigenvalue weighted by Gasteiger charge is 2.35. The first-order valence-electron chi connectivity index (χ1n) is 12.3. The molecule has 0 fully saturated rings. The monoisotopic (exact) mass is 615 g/mol. The van der Waals surface area contributed by atoms with Crippen LogP contribution >= 0.6 is 11.6 Å². The maximum Gasteiger partial charge on any atom is 0.431 e. The first kappa shape index (κ1) is 32.2. The zero-order valence-corrected chi connectivity index (χ0v) is 23.5. The van der Waals surface area contributed by atoms with E-state index in [4.69, 9.17) is 25.8 Å². The van der Waals surface area contributed by atoms with Gasteiger partial charge in [0.1, 0.15) is 23.3 Å². The Morgan fingerprint density at radius 2 is 1.69 bits per heavy atom. The molecule has 1 N–H and O–H groups in total. The van der Waals surface area contributed by atoms with Crippen molar-refractivity contribution in [1.29, 1.82) is 0 Å². The van der Waals surface area contributed by atoms with E-state index in [0.717, 1.165) is 13.1 Å². The van der Waals surface area contributed by atoms with Crippen molar-refractivity contribution in [2.75, 3.05) is 13.7 Å². The summed E-state index contributed by atoms with van der Waals surface area (Å²) in [7, 11) is 1.98. The predicted octanol–water partition coefficient (Wildman–Crippen LogP) is 4.22. The van der Waals surface area contributed by atoms with Crippen molar-refractivity contribution in [3.05, 3.63) is 79.8 Å². The zero-order chi connectivity index (χ0) is 31.4. The third-order valence-corrected chi connectivity index (χ3v) is 6.10. The van der Waals surface area contributed by atoms with E-state index in [-0.39, 0.29) is 43.4 Å². The Labute approximate surface area is 241 Å². The molecule has 2 aromatic carbocycles. The van der Waals surface area contributed by atoms with Gasteiger partial charge in [-0.05, 0) is 30.5 Å². The van der Waals surface area contributed by atoms with E-state index in [1.165, 1.54) is 25.3 Å². The molecule has 0 aliphatic rings. The standard InChI is InChI=1S/C27H26ClF4N3O7/c1-14(2)9-17(25(38)40-4)33-23(36)13-41-19-7-5-6-8-20(19)42-21-11-18(16(29)10-15(21)28)35-24(37)12-22(27(30,31)32)34(3)26(35)39/h5-8,10-12,14,17H,9,13H2,1-4H3,(H,33,36). The minimum Gasteiger partial charge on any atom is -0.480 e. The van der Waals surface area contributed by atoms with Crippen LogP contribution in [-0.2, 0) is 27.5 Å². The van der Waals surface area contributed by atoms with Crippen LogP contribution in [0.15, 0.2) is 52.1 Å². The third kappa shape index (κ3) is 7.49. The lowest BCUT2D eigenvalue weighted by atomic mass is 10.0. The van der Waals surface area contributed by atoms with Crippen LogP contribution in [0.2, 0.25) is 5.02 Å². The van der Waals surface area contributed by atoms with Crippen LogP contribution in [0.5, 0.6) is 17.2 Å². The maximum atomic E-state index is 14.9. The molecule has 15 heteroatoms. The second-order valence-electron chi connectivity index (χ2n) is 9.39. The van der Waals surface area contributed by atoms with E-state index in [0.29, 0.717) is 12.5 Å². The molecule has 10 nitrogen and oxygen atoms in total. The fraction of sp³-hybridized carbons (Fsp3) is 0.333. The number of alkyl halides is 3. The molecular weight excluding hydrogens is 590 g/mol. The number of benzene rings is 2. The van der Waals surface area contributed by atoms with Crippen LogP contribution < -0.4 is 26.0 Å². The SMILES string of the molecule is COC(=O)C(CC(C)C)NC(=O)COc1ccccc1Oc1cc(-n2c(=O)cc(C(F)(F)F)n(C)c2=O)c(F)cc1Cl. The van der Waals surface area contributed by atoms with Crippen LogP contribution in [-0.4, -0.2) is 40.8 Å². The normalized spacial score (nSPS) is 12.1. The summed E-state index contributed by atoms with van der Waals surface area (Å²) in [5, 5.41) is 2.22. The molecule has 0 bridgehead atoms. The summed E-state index contributed by atoms with van der Waals surface area (Å²) in [4.78, 5) is 49.6. The van der Waals surface area contributed by atoms with E-state index in [2.05, 4.69) is 5.32 Å². The first-order chi connectivity index (χ1) is 19.6. The number of esters is 1. The molecule has 226 valence electrons. The van der Waals surface area contributed by atoms with Crippen LogP contribution in [0, 0.1) is 11.7 Å². The van der Waals surface area contributed by atoms with Crippen molar-refractivity contribution < 1.29 is 41.4 Å². The molecule has 42 heavy (non-hydrogen) atoms. The Balaban J connectivity index is 1.90. The van der Waals surface area contributed by atoms with Gasteiger partial charge in [0.25, 0.3) is 11.5 Å². The highest BCUT2D eigenvalue weighted by Crippen LogP contribution is 2.37. The molecule has 1 unspecified atom stereocenters. The summed E-state index contributed by atoms with van der Waals surface area (Å²) >= 11 is 6.12. The van der Waals surface area contributed by atoms with Crippen molar-refractivity contribution in [3.8, 4) is 22.9 Å². The van der Waals surface area contributed by atoms with Gasteiger partial charge in [-0.25, -0.2) is 18.5 Å². The summed E-state index contributed by atoms with van der Waals surface area (Å²) < 4.78 is 70.9. The molecular formula is C27H26ClF4N3O7. The van der Waals surface area contributed by atoms with Crippen molar-refractivity contribution in [3.63, 3.8) is 0 Å². The zero-order valence-electron chi connectivity index (χ0n) is 22.8. The predicted molar refractivity (Wildman–Crippen MR) is 143 cm³/mol. The van der Waals surface area contributed by atoms with E-state index in [9.17, 15) is 36.7 Å². The summed E-state index contributed by atoms with van der Waals surface area (Å²) in [5.41, 5.74) is -5.13. The number of carbonyl (C=O) groups is 2. The van der Waals surface area contributed by atoms with Gasteiger partial charge in [-0.1, -0.05) is 37.6 Å². The fourth-order valence-electron chi connectivity index (χ4n) is 3.87. The molecule has 0 saturated carbocycles. The number of amides is 1. The topological polar surface area (TPSA) is 118 Å². The lowest BCUT2D eigenvalue weighted by Crippen LogP contribution is -2.44. The summed E-state index contributed by atoms with van der Waals surface area (Å²) in [5.74, 6) is -2.66. The number of methoxy groups -OCH3 is 1. The number of rotatable bonds is 10. The third-order valence-electron chi connectivity index (χ3n) is 5.81. The van der Waals surface area contributed by atoms with Gasteiger partial charge in [0.2, 0.25) is 0 Å². The number of hydrogen-bond acceptors (Lipinski definition) is 7. The van der Waals surface area contributed by atoms with Crippen molar-refractivity contribution in [2.24, 2.45) is 13.0 Å². The quantitative estimate of drug-likeness (QED) is 0.268. The average molecular weight is 616 g/mol. The van der Waals surface area contributed by atoms with Crippen LogP contribution in [0.4, 0.5) is 17.6 Å². The number of ether oxygens (including phenoxy) is 3. The van der Waals surface area contributed by atoms with Crippen molar-refractivity contribution in [1.82, 2.24) is 14.5 Å². The number of nitrogens with zero attached hydrogens (tertiary/aromatic N) is 2. The number of para-hydroxylation sites is 2. The molecule has 1 amide bonds. The van der Waals surface area contributed by atoms with Crippen LogP contribution in [0.3, 0.4) is 0 Å². The molecule has 0 aliphatic heterocycles. The van der Waals surface area contributed by atoms with E-state index >= 15 is 0 Å². The number of nitrogens with one attached hydrogen (secondary N) is 1. The Kier molecular flexibility index (Phi) is 10.0. The van der Waals surface area contributed by atoms with Gasteiger partial charge in [0.05, 0.1) is 17.8 Å². The summed E-state index contributed by atoms with van der Waals surface area (Å²) in [6.45, 7) is 3.19. The lowest BCUT2D eigenvalue weighted by molar-refractivity contribution is -0.145. The number of aromatic nitrogens is 2. The molecule has 0 spiro atoms. The number of halogens is 5. The summed E-state index contributed by atoms with van der Waals surface area (Å²) in [6.07, 6.45) is -4.68. The fourth-order valence-corrected chi connectivity index (χ4v) is 4.06. The minimum atomic E-state index is -5.01. The molecule has 0 aliphatic carbocycles. The average Bonchev–Trinajstić information content (AvgIpc) is 2.90. The van der Waals surface area contributed by atoms with E-state index in [1.807, 2.05) is 13.8 Å². The second-order valence-corrected chi connectivity index (χ2v) is 9.79. The van der Waals surface area contributed by atoms with Gasteiger partial charge in [0, 0.05) is 19.2 Å². The minimum absolute atomic E-state index is 0.0238. The van der Waals surface area contributed by atoms with Gasteiger partial charge >= 0.3 is 17.8 Å². The molecule has 1 heterocycles. The highest BCUT2D eigenvalue weighted by molar-refractivity contribution is 6.32. The van der Waals surface area contributed by atoms with E-state index in [1.54, 1.807) is 6.07 Å². The number of hydrogen-bond donors (Lipinski definition) is 1. The molecule has 3 rings (SSSR count). The molecule has 1 atom stereocenters. The Bertz CT molecular complexity index is 1600. The second kappa shape index (κ2) is 13.1. The van der Waals surface area contributed by atoms with Crippen LogP contribution in [0.25, 0.3) is 5.69 Å². The van der Waals surface area contributed by atoms with Gasteiger partial charge in [-0.2, -0.15) is 13.2 Å². The van der Waals surface area contributed by atoms with Crippen molar-refractivity contribution >= 4 is 23.5 Å². The smallest absolute Gasteiger partial charge is 0.431 e. The van der Waals surface area contributed by atoms with Gasteiger partial charge in [0.15, 0.2) is 18.1 Å². The molecule has 1 aromatic heterocycles. The van der Waals surface area contributed by atoms with Gasteiger partial charge in [-0.15, -0.1) is 0 Å². The van der Waals surface area contributed by atoms with Crippen LogP contribution in [0.1, 0.15) is 26.0 Å². The van der Waals surface area contributed by atoms with E-state index < -0.39 is 59.1 Å². The van der Waals surface area contributed by atoms with Gasteiger partial charge in [-0.3, -0.25) is 14.2 Å². The molecule has 0 radical (unpaired) electrons. The maximum absolute atomic E-state index is 14.9. The molecule has 3 aromatic rings. The summed E-state index contributed by atoms with van der Waals surface area (Å²) in [6, 6.07) is 6.78. The molecule has 0 saturated heterocycles.